The molecule has 3 heterocycles. The first kappa shape index (κ1) is 20.9. The zero-order chi connectivity index (χ0) is 20.8. The van der Waals surface area contributed by atoms with Crippen LogP contribution in [-0.2, 0) is 11.3 Å². The number of nitrogens with one attached hydrogen (secondary N) is 1. The second-order valence-corrected chi connectivity index (χ2v) is 8.65. The van der Waals surface area contributed by atoms with Crippen molar-refractivity contribution in [1.29, 1.82) is 0 Å². The van der Waals surface area contributed by atoms with Crippen LogP contribution in [0.5, 0.6) is 5.75 Å². The van der Waals surface area contributed by atoms with Crippen LogP contribution in [0.4, 0.5) is 0 Å². The molecular weight excluding hydrogens is 380 g/mol. The molecule has 2 fully saturated rings. The lowest BCUT2D eigenvalue weighted by atomic mass is 9.79. The van der Waals surface area contributed by atoms with Crippen molar-refractivity contribution in [3.63, 3.8) is 0 Å². The first-order valence-electron chi connectivity index (χ1n) is 11.0. The Morgan fingerprint density at radius 3 is 2.73 bits per heavy atom. The number of nitrogens with zero attached hydrogens (tertiary/aromatic N) is 1. The Morgan fingerprint density at radius 2 is 1.97 bits per heavy atom. The Hall–Kier alpha value is -2.31. The number of likely N-dealkylation sites (tertiary alicyclic amines) is 1. The fraction of sp³-hybridized carbons (Fsp3) is 0.542. The smallest absolute Gasteiger partial charge is 0.287 e. The van der Waals surface area contributed by atoms with Crippen molar-refractivity contribution in [3.05, 3.63) is 53.5 Å². The molecule has 30 heavy (non-hydrogen) atoms. The second kappa shape index (κ2) is 9.67. The van der Waals surface area contributed by atoms with Crippen molar-refractivity contribution >= 4 is 5.91 Å². The summed E-state index contributed by atoms with van der Waals surface area (Å²) in [6.07, 6.45) is 4.52. The van der Waals surface area contributed by atoms with Gasteiger partial charge < -0.3 is 24.1 Å². The van der Waals surface area contributed by atoms with Crippen LogP contribution in [0.25, 0.3) is 0 Å². The number of furan rings is 1. The Labute approximate surface area is 178 Å². The Morgan fingerprint density at radius 1 is 1.17 bits per heavy atom. The van der Waals surface area contributed by atoms with Crippen molar-refractivity contribution in [2.75, 3.05) is 39.4 Å². The van der Waals surface area contributed by atoms with Crippen LogP contribution in [0.15, 0.2) is 40.8 Å². The van der Waals surface area contributed by atoms with Gasteiger partial charge in [0.1, 0.15) is 18.1 Å². The number of amides is 1. The Balaban J connectivity index is 1.31. The van der Waals surface area contributed by atoms with Gasteiger partial charge in [-0.1, -0.05) is 12.1 Å². The van der Waals surface area contributed by atoms with Crippen molar-refractivity contribution in [2.45, 2.75) is 39.2 Å². The summed E-state index contributed by atoms with van der Waals surface area (Å²) in [6.45, 7) is 7.88. The molecule has 2 aromatic rings. The van der Waals surface area contributed by atoms with E-state index in [2.05, 4.69) is 10.2 Å². The number of carbonyl (C=O) groups excluding carboxylic acids is 1. The number of ether oxygens (including phenoxy) is 2. The maximum absolute atomic E-state index is 12.7. The molecular formula is C24H32N2O4. The minimum atomic E-state index is -0.163. The normalized spacial score (nSPS) is 19.0. The standard InChI is InChI=1S/C24H32N2O4/c1-19-5-4-6-20(15-19)29-16-21-7-8-22(30-21)23(27)25-17-24(9-13-28-14-10-24)18-26-11-2-3-12-26/h4-8,15H,2-3,9-14,16-18H2,1H3,(H,25,27). The Kier molecular flexibility index (Phi) is 6.75. The third kappa shape index (κ3) is 5.43. The molecule has 1 N–H and O–H groups in total. The van der Waals surface area contributed by atoms with Gasteiger partial charge in [-0.2, -0.15) is 0 Å². The highest BCUT2D eigenvalue weighted by atomic mass is 16.5. The largest absolute Gasteiger partial charge is 0.486 e. The van der Waals surface area contributed by atoms with Crippen molar-refractivity contribution in [1.82, 2.24) is 10.2 Å². The van der Waals surface area contributed by atoms with E-state index in [0.717, 1.165) is 43.9 Å². The molecule has 0 bridgehead atoms. The van der Waals surface area contributed by atoms with Gasteiger partial charge in [0.25, 0.3) is 5.91 Å². The van der Waals surface area contributed by atoms with Crippen LogP contribution < -0.4 is 10.1 Å². The summed E-state index contributed by atoms with van der Waals surface area (Å²) < 4.78 is 17.1. The molecule has 4 rings (SSSR count). The number of aryl methyl sites for hydroxylation is 1. The highest BCUT2D eigenvalue weighted by Crippen LogP contribution is 2.32. The Bertz CT molecular complexity index is 835. The van der Waals surface area contributed by atoms with Crippen LogP contribution in [-0.4, -0.2) is 50.2 Å². The van der Waals surface area contributed by atoms with Gasteiger partial charge in [-0.15, -0.1) is 0 Å². The molecule has 1 aromatic heterocycles. The van der Waals surface area contributed by atoms with E-state index >= 15 is 0 Å². The molecule has 6 heteroatoms. The molecule has 0 saturated carbocycles. The molecule has 2 saturated heterocycles. The second-order valence-electron chi connectivity index (χ2n) is 8.65. The van der Waals surface area contributed by atoms with E-state index in [9.17, 15) is 4.79 Å². The highest BCUT2D eigenvalue weighted by Gasteiger charge is 2.35. The topological polar surface area (TPSA) is 63.9 Å². The lowest BCUT2D eigenvalue weighted by Crippen LogP contribution is -2.48. The first-order chi connectivity index (χ1) is 14.6. The fourth-order valence-corrected chi connectivity index (χ4v) is 4.40. The molecule has 0 radical (unpaired) electrons. The van der Waals surface area contributed by atoms with Gasteiger partial charge in [0.05, 0.1) is 0 Å². The van der Waals surface area contributed by atoms with Gasteiger partial charge in [-0.25, -0.2) is 0 Å². The van der Waals surface area contributed by atoms with Crippen molar-refractivity contribution < 1.29 is 18.7 Å². The van der Waals surface area contributed by atoms with Gasteiger partial charge in [-0.05, 0) is 75.5 Å². The summed E-state index contributed by atoms with van der Waals surface area (Å²) >= 11 is 0. The van der Waals surface area contributed by atoms with E-state index < -0.39 is 0 Å². The quantitative estimate of drug-likeness (QED) is 0.715. The predicted molar refractivity (Wildman–Crippen MR) is 115 cm³/mol. The lowest BCUT2D eigenvalue weighted by molar-refractivity contribution is -0.000762. The zero-order valence-corrected chi connectivity index (χ0v) is 17.8. The molecule has 162 valence electrons. The van der Waals surface area contributed by atoms with Gasteiger partial charge in [0.2, 0.25) is 0 Å². The number of carbonyl (C=O) groups is 1. The average molecular weight is 413 g/mol. The summed E-state index contributed by atoms with van der Waals surface area (Å²) in [5.74, 6) is 1.60. The van der Waals surface area contributed by atoms with E-state index in [1.54, 1.807) is 12.1 Å². The number of hydrogen-bond donors (Lipinski definition) is 1. The minimum Gasteiger partial charge on any atom is -0.486 e. The first-order valence-corrected chi connectivity index (χ1v) is 11.0. The minimum absolute atomic E-state index is 0.0853. The monoisotopic (exact) mass is 412 g/mol. The predicted octanol–water partition coefficient (Wildman–Crippen LogP) is 3.79. The molecule has 2 aliphatic heterocycles. The molecule has 1 amide bonds. The fourth-order valence-electron chi connectivity index (χ4n) is 4.40. The number of hydrogen-bond acceptors (Lipinski definition) is 5. The third-order valence-electron chi connectivity index (χ3n) is 6.19. The van der Waals surface area contributed by atoms with Crippen molar-refractivity contribution in [3.8, 4) is 5.75 Å². The average Bonchev–Trinajstić information content (AvgIpc) is 3.43. The van der Waals surface area contributed by atoms with Gasteiger partial charge in [-0.3, -0.25) is 4.79 Å². The van der Waals surface area contributed by atoms with Crippen LogP contribution in [0.3, 0.4) is 0 Å². The van der Waals surface area contributed by atoms with E-state index in [1.165, 1.54) is 25.9 Å². The molecule has 0 aliphatic carbocycles. The van der Waals surface area contributed by atoms with Crippen LogP contribution >= 0.6 is 0 Å². The molecule has 6 nitrogen and oxygen atoms in total. The van der Waals surface area contributed by atoms with Gasteiger partial charge >= 0.3 is 0 Å². The van der Waals surface area contributed by atoms with Crippen LogP contribution in [0, 0.1) is 12.3 Å². The van der Waals surface area contributed by atoms with Gasteiger partial charge in [0, 0.05) is 31.7 Å². The summed E-state index contributed by atoms with van der Waals surface area (Å²) in [4.78, 5) is 15.2. The molecule has 0 spiro atoms. The van der Waals surface area contributed by atoms with E-state index in [4.69, 9.17) is 13.9 Å². The maximum Gasteiger partial charge on any atom is 0.287 e. The number of benzene rings is 1. The van der Waals surface area contributed by atoms with Crippen LogP contribution in [0.1, 0.15) is 47.6 Å². The molecule has 1 aromatic carbocycles. The zero-order valence-electron chi connectivity index (χ0n) is 17.8. The SMILES string of the molecule is Cc1cccc(OCc2ccc(C(=O)NCC3(CN4CCCC4)CCOCC3)o2)c1. The van der Waals surface area contributed by atoms with Crippen LogP contribution in [0.2, 0.25) is 0 Å². The molecule has 0 unspecified atom stereocenters. The van der Waals surface area contributed by atoms with E-state index in [0.29, 0.717) is 24.7 Å². The third-order valence-corrected chi connectivity index (χ3v) is 6.19. The van der Waals surface area contributed by atoms with E-state index in [-0.39, 0.29) is 11.3 Å². The van der Waals surface area contributed by atoms with E-state index in [1.807, 2.05) is 31.2 Å². The molecule has 0 atom stereocenters. The summed E-state index contributed by atoms with van der Waals surface area (Å²) in [5, 5.41) is 3.12. The highest BCUT2D eigenvalue weighted by molar-refractivity contribution is 5.91. The van der Waals surface area contributed by atoms with Gasteiger partial charge in [0.15, 0.2) is 5.76 Å². The summed E-state index contributed by atoms with van der Waals surface area (Å²) in [5.41, 5.74) is 1.23. The van der Waals surface area contributed by atoms with Crippen molar-refractivity contribution in [2.24, 2.45) is 5.41 Å². The maximum atomic E-state index is 12.7. The number of rotatable bonds is 8. The summed E-state index contributed by atoms with van der Waals surface area (Å²) in [6, 6.07) is 11.4. The lowest BCUT2D eigenvalue weighted by Gasteiger charge is -2.40. The summed E-state index contributed by atoms with van der Waals surface area (Å²) in [7, 11) is 0. The molecule has 2 aliphatic rings.